The second-order valence-electron chi connectivity index (χ2n) is 11.5. The molecule has 4 rings (SSSR count). The van der Waals surface area contributed by atoms with Crippen LogP contribution >= 0.6 is 0 Å². The predicted molar refractivity (Wildman–Crippen MR) is 181 cm³/mol. The van der Waals surface area contributed by atoms with E-state index in [1.807, 2.05) is 19.9 Å². The maximum absolute atomic E-state index is 13.9. The molecular formula is C35H42N4O8. The van der Waals surface area contributed by atoms with E-state index in [1.165, 1.54) is 41.2 Å². The lowest BCUT2D eigenvalue weighted by atomic mass is 9.95. The third-order valence-electron chi connectivity index (χ3n) is 7.95. The number of benzene rings is 2. The second-order valence-corrected chi connectivity index (χ2v) is 11.5. The first-order valence-corrected chi connectivity index (χ1v) is 15.2. The molecule has 0 bridgehead atoms. The summed E-state index contributed by atoms with van der Waals surface area (Å²) in [6.45, 7) is 6.55. The zero-order valence-electron chi connectivity index (χ0n) is 28.0. The molecular weight excluding hydrogens is 604 g/mol. The molecule has 0 saturated carbocycles. The lowest BCUT2D eigenvalue weighted by Crippen LogP contribution is -2.40. The van der Waals surface area contributed by atoms with Gasteiger partial charge in [-0.3, -0.25) is 19.2 Å². The molecule has 250 valence electrons. The third-order valence-corrected chi connectivity index (χ3v) is 7.95. The molecule has 4 N–H and O–H groups in total. The monoisotopic (exact) mass is 646 g/mol. The number of carbonyl (C=O) groups excluding carboxylic acids is 3. The SMILES string of the molecule is COc1ccc(NC(C)=O)cc1NC(=O)[C@@H](Nc1ccc2c(cc1=O)[C@@H](NC(C)=O)CCc1cc(OC)c(OC)c(OC)c1-2)C(C)C. The maximum atomic E-state index is 13.9. The average Bonchev–Trinajstić information content (AvgIpc) is 3.26. The summed E-state index contributed by atoms with van der Waals surface area (Å²) < 4.78 is 22.5. The molecule has 0 unspecified atom stereocenters. The zero-order chi connectivity index (χ0) is 34.4. The molecule has 0 spiro atoms. The largest absolute Gasteiger partial charge is 0.495 e. The number of hydrogen-bond acceptors (Lipinski definition) is 9. The summed E-state index contributed by atoms with van der Waals surface area (Å²) in [7, 11) is 6.09. The Kier molecular flexibility index (Phi) is 11.0. The Morgan fingerprint density at radius 1 is 0.787 bits per heavy atom. The molecule has 1 aliphatic rings. The number of fused-ring (bicyclic) bond motifs is 3. The van der Waals surface area contributed by atoms with Crippen LogP contribution in [0.25, 0.3) is 11.1 Å². The fraction of sp³-hybridized carbons (Fsp3) is 0.371. The van der Waals surface area contributed by atoms with Crippen LogP contribution in [0.2, 0.25) is 0 Å². The normalized spacial score (nSPS) is 14.0. The van der Waals surface area contributed by atoms with Gasteiger partial charge >= 0.3 is 0 Å². The smallest absolute Gasteiger partial charge is 0.247 e. The standard InChI is InChI=1S/C35H42N4O8/c1-18(2)32(35(43)39-27-16-22(36-19(3)40)10-14-29(27)44-5)38-26-13-11-23-24(17-28(26)42)25(37-20(4)41)12-9-21-15-30(45-6)33(46-7)34(47-8)31(21)23/h10-11,13-18,25,32H,9,12H2,1-8H3,(H,36,40)(H,37,41)(H,38,42)(H,39,43)/t25-,32-/m0/s1. The van der Waals surface area contributed by atoms with Gasteiger partial charge in [0.1, 0.15) is 11.8 Å². The van der Waals surface area contributed by atoms with E-state index in [-0.39, 0.29) is 28.8 Å². The highest BCUT2D eigenvalue weighted by molar-refractivity contribution is 5.99. The van der Waals surface area contributed by atoms with Crippen molar-refractivity contribution in [2.24, 2.45) is 5.92 Å². The van der Waals surface area contributed by atoms with Crippen LogP contribution in [-0.4, -0.2) is 52.2 Å². The lowest BCUT2D eigenvalue weighted by Gasteiger charge is -2.23. The van der Waals surface area contributed by atoms with Crippen molar-refractivity contribution in [1.29, 1.82) is 0 Å². The third kappa shape index (κ3) is 7.59. The molecule has 3 aromatic rings. The van der Waals surface area contributed by atoms with Crippen molar-refractivity contribution in [3.05, 3.63) is 63.8 Å². The van der Waals surface area contributed by atoms with Gasteiger partial charge in [0, 0.05) is 25.1 Å². The molecule has 3 aromatic carbocycles. The second kappa shape index (κ2) is 14.9. The zero-order valence-corrected chi connectivity index (χ0v) is 28.0. The van der Waals surface area contributed by atoms with Crippen LogP contribution < -0.4 is 45.6 Å². The summed E-state index contributed by atoms with van der Waals surface area (Å²) in [5, 5.41) is 11.7. The highest BCUT2D eigenvalue weighted by atomic mass is 16.5. The van der Waals surface area contributed by atoms with Gasteiger partial charge in [-0.2, -0.15) is 0 Å². The molecule has 12 nitrogen and oxygen atoms in total. The van der Waals surface area contributed by atoms with Crippen molar-refractivity contribution in [2.75, 3.05) is 44.4 Å². The molecule has 0 fully saturated rings. The van der Waals surface area contributed by atoms with Crippen LogP contribution in [0, 0.1) is 5.92 Å². The van der Waals surface area contributed by atoms with E-state index in [4.69, 9.17) is 18.9 Å². The van der Waals surface area contributed by atoms with E-state index >= 15 is 0 Å². The highest BCUT2D eigenvalue weighted by Gasteiger charge is 2.30. The van der Waals surface area contributed by atoms with Crippen molar-refractivity contribution >= 4 is 34.8 Å². The van der Waals surface area contributed by atoms with Gasteiger partial charge < -0.3 is 40.2 Å². The Morgan fingerprint density at radius 3 is 2.09 bits per heavy atom. The topological polar surface area (TPSA) is 153 Å². The highest BCUT2D eigenvalue weighted by Crippen LogP contribution is 2.50. The Hall–Kier alpha value is -5.26. The summed E-state index contributed by atoms with van der Waals surface area (Å²) >= 11 is 0. The minimum Gasteiger partial charge on any atom is -0.495 e. The number of ether oxygens (including phenoxy) is 4. The van der Waals surface area contributed by atoms with Gasteiger partial charge in [-0.1, -0.05) is 19.9 Å². The average molecular weight is 647 g/mol. The molecule has 0 saturated heterocycles. The van der Waals surface area contributed by atoms with E-state index in [2.05, 4.69) is 21.3 Å². The minimum atomic E-state index is -0.837. The summed E-state index contributed by atoms with van der Waals surface area (Å²) in [6.07, 6.45) is 1.08. The number of amides is 3. The maximum Gasteiger partial charge on any atom is 0.247 e. The van der Waals surface area contributed by atoms with Gasteiger partial charge in [0.2, 0.25) is 28.9 Å². The van der Waals surface area contributed by atoms with Crippen molar-refractivity contribution in [2.45, 2.75) is 52.6 Å². The lowest BCUT2D eigenvalue weighted by molar-refractivity contribution is -0.120. The van der Waals surface area contributed by atoms with Gasteiger partial charge in [-0.25, -0.2) is 0 Å². The van der Waals surface area contributed by atoms with E-state index in [1.54, 1.807) is 37.4 Å². The molecule has 0 aliphatic heterocycles. The van der Waals surface area contributed by atoms with Crippen molar-refractivity contribution in [3.63, 3.8) is 0 Å². The Labute approximate surface area is 274 Å². The Morgan fingerprint density at radius 2 is 1.49 bits per heavy atom. The van der Waals surface area contributed by atoms with Crippen LogP contribution in [0.1, 0.15) is 51.3 Å². The molecule has 3 amide bonds. The van der Waals surface area contributed by atoms with Gasteiger partial charge in [0.05, 0.1) is 45.9 Å². The van der Waals surface area contributed by atoms with Crippen LogP contribution in [0.3, 0.4) is 0 Å². The van der Waals surface area contributed by atoms with Crippen molar-refractivity contribution in [3.8, 4) is 34.1 Å². The van der Waals surface area contributed by atoms with Gasteiger partial charge in [0.15, 0.2) is 11.5 Å². The summed E-state index contributed by atoms with van der Waals surface area (Å²) in [6, 6.07) is 10.4. The van der Waals surface area contributed by atoms with Crippen LogP contribution in [0.15, 0.2) is 47.3 Å². The fourth-order valence-electron chi connectivity index (χ4n) is 5.83. The number of hydrogen-bond donors (Lipinski definition) is 4. The molecule has 2 atom stereocenters. The number of anilines is 3. The fourth-order valence-corrected chi connectivity index (χ4v) is 5.83. The first-order valence-electron chi connectivity index (χ1n) is 15.2. The van der Waals surface area contributed by atoms with E-state index < -0.39 is 18.0 Å². The Balaban J connectivity index is 1.81. The van der Waals surface area contributed by atoms with E-state index in [0.29, 0.717) is 58.3 Å². The number of nitrogens with one attached hydrogen (secondary N) is 4. The van der Waals surface area contributed by atoms with Gasteiger partial charge in [-0.05, 0) is 71.8 Å². The van der Waals surface area contributed by atoms with Gasteiger partial charge in [-0.15, -0.1) is 0 Å². The first kappa shape index (κ1) is 34.6. The first-order chi connectivity index (χ1) is 22.4. The number of methoxy groups -OCH3 is 4. The molecule has 0 radical (unpaired) electrons. The molecule has 12 heteroatoms. The molecule has 0 aromatic heterocycles. The quantitative estimate of drug-likeness (QED) is 0.228. The minimum absolute atomic E-state index is 0.188. The predicted octanol–water partition coefficient (Wildman–Crippen LogP) is 4.91. The van der Waals surface area contributed by atoms with Crippen LogP contribution in [-0.2, 0) is 20.8 Å². The van der Waals surface area contributed by atoms with Gasteiger partial charge in [0.25, 0.3) is 0 Å². The van der Waals surface area contributed by atoms with E-state index in [0.717, 1.165) is 11.1 Å². The van der Waals surface area contributed by atoms with Crippen molar-refractivity contribution in [1.82, 2.24) is 5.32 Å². The van der Waals surface area contributed by atoms with Crippen molar-refractivity contribution < 1.29 is 33.3 Å². The summed E-state index contributed by atoms with van der Waals surface area (Å²) in [4.78, 5) is 51.5. The van der Waals surface area contributed by atoms with Crippen LogP contribution in [0.5, 0.6) is 23.0 Å². The molecule has 1 aliphatic carbocycles. The summed E-state index contributed by atoms with van der Waals surface area (Å²) in [5.74, 6) is 0.594. The summed E-state index contributed by atoms with van der Waals surface area (Å²) in [5.41, 5.74) is 3.56. The number of aryl methyl sites for hydroxylation is 1. The molecule has 47 heavy (non-hydrogen) atoms. The molecule has 0 heterocycles. The number of carbonyl (C=O) groups is 3. The van der Waals surface area contributed by atoms with Crippen LogP contribution in [0.4, 0.5) is 17.1 Å². The number of rotatable bonds is 11. The van der Waals surface area contributed by atoms with E-state index in [9.17, 15) is 19.2 Å². The Bertz CT molecular complexity index is 1740.